The van der Waals surface area contributed by atoms with Gasteiger partial charge in [0.05, 0.1) is 6.10 Å². The molecular formula is C17H30O2. The summed E-state index contributed by atoms with van der Waals surface area (Å²) < 4.78 is 5.87. The number of hydrogen-bond donors (Lipinski definition) is 0. The molecule has 0 amide bonds. The van der Waals surface area contributed by atoms with Gasteiger partial charge < -0.3 is 9.53 Å². The van der Waals surface area contributed by atoms with Crippen molar-refractivity contribution in [3.63, 3.8) is 0 Å². The molecule has 0 saturated heterocycles. The van der Waals surface area contributed by atoms with Gasteiger partial charge in [-0.15, -0.1) is 0 Å². The second-order valence-electron chi connectivity index (χ2n) is 7.15. The number of rotatable bonds is 3. The van der Waals surface area contributed by atoms with Gasteiger partial charge in [0.2, 0.25) is 0 Å². The van der Waals surface area contributed by atoms with Crippen LogP contribution in [0.1, 0.15) is 52.9 Å². The van der Waals surface area contributed by atoms with Gasteiger partial charge in [0.1, 0.15) is 6.29 Å². The number of aldehydes is 1. The highest BCUT2D eigenvalue weighted by Gasteiger charge is 2.45. The van der Waals surface area contributed by atoms with Gasteiger partial charge in [-0.05, 0) is 48.9 Å². The number of carbonyl (C=O) groups excluding carboxylic acids is 1. The average Bonchev–Trinajstić information content (AvgIpc) is 2.58. The van der Waals surface area contributed by atoms with Crippen LogP contribution in [-0.2, 0) is 9.53 Å². The van der Waals surface area contributed by atoms with Crippen molar-refractivity contribution in [3.8, 4) is 0 Å². The molecule has 2 nitrogen and oxygen atoms in total. The van der Waals surface area contributed by atoms with Gasteiger partial charge in [-0.1, -0.05) is 33.6 Å². The Balaban J connectivity index is 2.26. The van der Waals surface area contributed by atoms with Crippen LogP contribution in [0.25, 0.3) is 0 Å². The first-order valence-corrected chi connectivity index (χ1v) is 8.06. The predicted molar refractivity (Wildman–Crippen MR) is 77.9 cm³/mol. The Morgan fingerprint density at radius 1 is 1.16 bits per heavy atom. The molecule has 2 rings (SSSR count). The van der Waals surface area contributed by atoms with Crippen molar-refractivity contribution in [1.82, 2.24) is 0 Å². The highest BCUT2D eigenvalue weighted by Crippen LogP contribution is 2.49. The molecule has 2 aliphatic carbocycles. The van der Waals surface area contributed by atoms with Crippen LogP contribution >= 0.6 is 0 Å². The maximum absolute atomic E-state index is 11.3. The molecule has 7 atom stereocenters. The fourth-order valence-electron chi connectivity index (χ4n) is 4.70. The lowest BCUT2D eigenvalue weighted by Crippen LogP contribution is -2.43. The van der Waals surface area contributed by atoms with Gasteiger partial charge in [-0.3, -0.25) is 0 Å². The van der Waals surface area contributed by atoms with Crippen LogP contribution in [0.4, 0.5) is 0 Å². The maximum atomic E-state index is 11.3. The third kappa shape index (κ3) is 3.04. The quantitative estimate of drug-likeness (QED) is 0.723. The summed E-state index contributed by atoms with van der Waals surface area (Å²) in [6.07, 6.45) is 7.84. The van der Waals surface area contributed by atoms with Crippen molar-refractivity contribution in [3.05, 3.63) is 0 Å². The summed E-state index contributed by atoms with van der Waals surface area (Å²) in [7, 11) is 1.86. The van der Waals surface area contributed by atoms with Crippen molar-refractivity contribution in [2.45, 2.75) is 59.0 Å². The zero-order valence-electron chi connectivity index (χ0n) is 13.0. The molecule has 19 heavy (non-hydrogen) atoms. The van der Waals surface area contributed by atoms with E-state index in [1.807, 2.05) is 7.11 Å². The zero-order valence-corrected chi connectivity index (χ0v) is 13.0. The minimum Gasteiger partial charge on any atom is -0.381 e. The normalized spacial score (nSPS) is 45.1. The minimum atomic E-state index is 0.186. The van der Waals surface area contributed by atoms with Gasteiger partial charge in [-0.25, -0.2) is 0 Å². The first-order valence-electron chi connectivity index (χ1n) is 8.06. The van der Waals surface area contributed by atoms with Crippen LogP contribution in [0.2, 0.25) is 0 Å². The summed E-state index contributed by atoms with van der Waals surface area (Å²) in [6.45, 7) is 6.86. The summed E-state index contributed by atoms with van der Waals surface area (Å²) in [5, 5.41) is 0. The number of hydrogen-bond acceptors (Lipinski definition) is 2. The molecule has 0 aromatic heterocycles. The third-order valence-electron chi connectivity index (χ3n) is 5.92. The summed E-state index contributed by atoms with van der Waals surface area (Å²) in [5.74, 6) is 3.63. The Hall–Kier alpha value is -0.370. The molecule has 2 fully saturated rings. The molecular weight excluding hydrogens is 236 g/mol. The van der Waals surface area contributed by atoms with Crippen molar-refractivity contribution < 1.29 is 9.53 Å². The first-order chi connectivity index (χ1) is 9.08. The van der Waals surface area contributed by atoms with Gasteiger partial charge in [0.25, 0.3) is 0 Å². The second-order valence-corrected chi connectivity index (χ2v) is 7.15. The smallest absolute Gasteiger partial charge is 0.123 e. The van der Waals surface area contributed by atoms with Gasteiger partial charge in [0.15, 0.2) is 0 Å². The molecule has 0 aromatic carbocycles. The van der Waals surface area contributed by atoms with Crippen LogP contribution in [0, 0.1) is 35.5 Å². The van der Waals surface area contributed by atoms with Crippen molar-refractivity contribution in [2.24, 2.45) is 35.5 Å². The molecule has 0 N–H and O–H groups in total. The van der Waals surface area contributed by atoms with Crippen molar-refractivity contribution in [1.29, 1.82) is 0 Å². The van der Waals surface area contributed by atoms with E-state index in [2.05, 4.69) is 20.8 Å². The summed E-state index contributed by atoms with van der Waals surface area (Å²) in [4.78, 5) is 11.3. The largest absolute Gasteiger partial charge is 0.381 e. The number of fused-ring (bicyclic) bond motifs is 1. The number of carbonyl (C=O) groups is 1. The molecule has 0 radical (unpaired) electrons. The van der Waals surface area contributed by atoms with Crippen LogP contribution in [0.3, 0.4) is 0 Å². The van der Waals surface area contributed by atoms with E-state index >= 15 is 0 Å². The van der Waals surface area contributed by atoms with E-state index in [0.29, 0.717) is 17.9 Å². The van der Waals surface area contributed by atoms with E-state index in [4.69, 9.17) is 4.74 Å². The molecule has 2 heteroatoms. The van der Waals surface area contributed by atoms with Gasteiger partial charge in [0, 0.05) is 13.0 Å². The lowest BCUT2D eigenvalue weighted by Gasteiger charge is -2.45. The molecule has 2 saturated carbocycles. The SMILES string of the molecule is COC1CC(C)CCC2C1C(C(C)C=O)CC[C@H]2C. The molecule has 0 spiro atoms. The standard InChI is InChI=1S/C17H30O2/c1-11-5-7-14-12(2)6-8-15(13(3)10-18)17(14)16(9-11)19-4/h10-17H,5-9H2,1-4H3/t11?,12-,13?,14?,15?,16?,17?/m1/s1. The zero-order chi connectivity index (χ0) is 14.0. The Morgan fingerprint density at radius 2 is 1.89 bits per heavy atom. The Bertz CT molecular complexity index is 302. The summed E-state index contributed by atoms with van der Waals surface area (Å²) in [6, 6.07) is 0. The molecule has 0 heterocycles. The molecule has 6 unspecified atom stereocenters. The molecule has 0 aromatic rings. The van der Waals surface area contributed by atoms with E-state index in [1.54, 1.807) is 0 Å². The first kappa shape index (κ1) is 15.0. The Morgan fingerprint density at radius 3 is 2.53 bits per heavy atom. The van der Waals surface area contributed by atoms with E-state index in [-0.39, 0.29) is 5.92 Å². The topological polar surface area (TPSA) is 26.3 Å². The second kappa shape index (κ2) is 6.39. The molecule has 0 aliphatic heterocycles. The van der Waals surface area contributed by atoms with Crippen molar-refractivity contribution >= 4 is 6.29 Å². The van der Waals surface area contributed by atoms with Crippen LogP contribution in [-0.4, -0.2) is 19.5 Å². The number of methoxy groups -OCH3 is 1. The number of ether oxygens (including phenoxy) is 1. The average molecular weight is 266 g/mol. The van der Waals surface area contributed by atoms with Gasteiger partial charge in [-0.2, -0.15) is 0 Å². The van der Waals surface area contributed by atoms with E-state index in [9.17, 15) is 4.79 Å². The Labute approximate surface area is 118 Å². The minimum absolute atomic E-state index is 0.186. The van der Waals surface area contributed by atoms with Gasteiger partial charge >= 0.3 is 0 Å². The summed E-state index contributed by atoms with van der Waals surface area (Å²) in [5.41, 5.74) is 0. The predicted octanol–water partition coefficient (Wildman–Crippen LogP) is 3.93. The highest BCUT2D eigenvalue weighted by atomic mass is 16.5. The van der Waals surface area contributed by atoms with E-state index < -0.39 is 0 Å². The van der Waals surface area contributed by atoms with Crippen LogP contribution < -0.4 is 0 Å². The maximum Gasteiger partial charge on any atom is 0.123 e. The molecule has 0 bridgehead atoms. The fourth-order valence-corrected chi connectivity index (χ4v) is 4.70. The summed E-state index contributed by atoms with van der Waals surface area (Å²) >= 11 is 0. The monoisotopic (exact) mass is 266 g/mol. The Kier molecular flexibility index (Phi) is 5.05. The molecule has 2 aliphatic rings. The van der Waals surface area contributed by atoms with Crippen LogP contribution in [0.15, 0.2) is 0 Å². The molecule has 110 valence electrons. The van der Waals surface area contributed by atoms with Crippen molar-refractivity contribution in [2.75, 3.05) is 7.11 Å². The lowest BCUT2D eigenvalue weighted by molar-refractivity contribution is -0.116. The highest BCUT2D eigenvalue weighted by molar-refractivity contribution is 5.53. The van der Waals surface area contributed by atoms with Crippen LogP contribution in [0.5, 0.6) is 0 Å². The lowest BCUT2D eigenvalue weighted by atomic mass is 9.61. The fraction of sp³-hybridized carbons (Fsp3) is 0.941. The van der Waals surface area contributed by atoms with E-state index in [0.717, 1.165) is 17.8 Å². The third-order valence-corrected chi connectivity index (χ3v) is 5.92. The van der Waals surface area contributed by atoms with E-state index in [1.165, 1.54) is 38.4 Å².